The first-order chi connectivity index (χ1) is 7.60. The molecule has 1 aromatic rings. The molecule has 0 amide bonds. The Kier molecular flexibility index (Phi) is 3.37. The minimum Gasteiger partial charge on any atom is -0.487 e. The van der Waals surface area contributed by atoms with E-state index in [1.807, 2.05) is 24.3 Å². The molecule has 1 aromatic carbocycles. The minimum absolute atomic E-state index is 0.0962. The quantitative estimate of drug-likeness (QED) is 0.862. The highest BCUT2D eigenvalue weighted by molar-refractivity contribution is 14.1. The molecule has 1 aliphatic rings. The predicted molar refractivity (Wildman–Crippen MR) is 68.6 cm³/mol. The zero-order valence-electron chi connectivity index (χ0n) is 8.78. The van der Waals surface area contributed by atoms with E-state index < -0.39 is 11.6 Å². The molecule has 0 saturated heterocycles. The smallest absolute Gasteiger partial charge is 0.307 e. The van der Waals surface area contributed by atoms with Gasteiger partial charge in [-0.25, -0.2) is 0 Å². The third kappa shape index (κ3) is 2.66. The second kappa shape index (κ2) is 4.61. The van der Waals surface area contributed by atoms with Crippen molar-refractivity contribution in [3.05, 3.63) is 27.8 Å². The van der Waals surface area contributed by atoms with Crippen LogP contribution in [0.15, 0.2) is 24.3 Å². The Hall–Kier alpha value is -0.780. The highest BCUT2D eigenvalue weighted by Gasteiger charge is 2.41. The third-order valence-corrected chi connectivity index (χ3v) is 3.61. The van der Waals surface area contributed by atoms with Crippen LogP contribution in [0.1, 0.15) is 25.7 Å². The number of hydrogen-bond acceptors (Lipinski definition) is 2. The lowest BCUT2D eigenvalue weighted by molar-refractivity contribution is -0.144. The third-order valence-electron chi connectivity index (χ3n) is 2.89. The summed E-state index contributed by atoms with van der Waals surface area (Å²) in [5.41, 5.74) is -0.460. The number of halogens is 1. The fraction of sp³-hybridized carbons (Fsp3) is 0.417. The van der Waals surface area contributed by atoms with Crippen molar-refractivity contribution in [2.75, 3.05) is 0 Å². The van der Waals surface area contributed by atoms with E-state index in [1.165, 1.54) is 0 Å². The maximum Gasteiger partial charge on any atom is 0.307 e. The summed E-state index contributed by atoms with van der Waals surface area (Å²) in [6.07, 6.45) is 2.83. The van der Waals surface area contributed by atoms with Crippen LogP contribution in [0.4, 0.5) is 0 Å². The summed E-state index contributed by atoms with van der Waals surface area (Å²) in [6.45, 7) is 0. The van der Waals surface area contributed by atoms with E-state index in [0.29, 0.717) is 0 Å². The number of carbonyl (C=O) groups is 1. The molecule has 1 saturated carbocycles. The standard InChI is InChI=1S/C12H13IO3/c13-9-2-4-10(5-3-9)16-12(6-1-7-12)8-11(14)15/h2-5H,1,6-8H2,(H,14,15). The normalized spacial score (nSPS) is 17.6. The van der Waals surface area contributed by atoms with Crippen LogP contribution in [0, 0.1) is 3.57 Å². The second-order valence-electron chi connectivity index (χ2n) is 4.16. The highest BCUT2D eigenvalue weighted by atomic mass is 127. The monoisotopic (exact) mass is 332 g/mol. The van der Waals surface area contributed by atoms with Crippen LogP contribution >= 0.6 is 22.6 Å². The highest BCUT2D eigenvalue weighted by Crippen LogP contribution is 2.39. The van der Waals surface area contributed by atoms with Gasteiger partial charge in [-0.1, -0.05) is 0 Å². The van der Waals surface area contributed by atoms with Crippen molar-refractivity contribution in [1.82, 2.24) is 0 Å². The lowest BCUT2D eigenvalue weighted by Gasteiger charge is -2.40. The Labute approximate surface area is 108 Å². The van der Waals surface area contributed by atoms with Crippen molar-refractivity contribution >= 4 is 28.6 Å². The molecule has 0 aliphatic heterocycles. The van der Waals surface area contributed by atoms with Crippen molar-refractivity contribution < 1.29 is 14.6 Å². The molecule has 2 rings (SSSR count). The summed E-state index contributed by atoms with van der Waals surface area (Å²) >= 11 is 2.23. The molecule has 4 heteroatoms. The fourth-order valence-corrected chi connectivity index (χ4v) is 2.27. The number of carboxylic acids is 1. The van der Waals surface area contributed by atoms with Crippen LogP contribution in [-0.4, -0.2) is 16.7 Å². The fourth-order valence-electron chi connectivity index (χ4n) is 1.91. The lowest BCUT2D eigenvalue weighted by Crippen LogP contribution is -2.45. The SMILES string of the molecule is O=C(O)CC1(Oc2ccc(I)cc2)CCC1. The van der Waals surface area contributed by atoms with Crippen LogP contribution < -0.4 is 4.74 Å². The molecule has 1 N–H and O–H groups in total. The van der Waals surface area contributed by atoms with E-state index in [9.17, 15) is 4.79 Å². The van der Waals surface area contributed by atoms with Gasteiger partial charge in [-0.05, 0) is 66.1 Å². The van der Waals surface area contributed by atoms with Gasteiger partial charge in [0.05, 0.1) is 6.42 Å². The first kappa shape index (κ1) is 11.7. The molecule has 0 unspecified atom stereocenters. The summed E-state index contributed by atoms with van der Waals surface area (Å²) in [5.74, 6) is -0.0217. The van der Waals surface area contributed by atoms with E-state index in [0.717, 1.165) is 28.6 Å². The van der Waals surface area contributed by atoms with Crippen LogP contribution in [0.3, 0.4) is 0 Å². The molecule has 0 aromatic heterocycles. The number of ether oxygens (including phenoxy) is 1. The van der Waals surface area contributed by atoms with Gasteiger partial charge in [0.25, 0.3) is 0 Å². The summed E-state index contributed by atoms with van der Waals surface area (Å²) in [4.78, 5) is 10.8. The Bertz CT molecular complexity index is 382. The van der Waals surface area contributed by atoms with Crippen molar-refractivity contribution in [3.8, 4) is 5.75 Å². The summed E-state index contributed by atoms with van der Waals surface area (Å²) in [6, 6.07) is 7.71. The molecule has 1 aliphatic carbocycles. The van der Waals surface area contributed by atoms with Gasteiger partial charge in [0.1, 0.15) is 11.4 Å². The number of rotatable bonds is 4. The van der Waals surface area contributed by atoms with E-state index in [2.05, 4.69) is 22.6 Å². The van der Waals surface area contributed by atoms with Crippen molar-refractivity contribution in [1.29, 1.82) is 0 Å². The number of aliphatic carboxylic acids is 1. The average Bonchev–Trinajstić information content (AvgIpc) is 2.17. The topological polar surface area (TPSA) is 46.5 Å². The number of benzene rings is 1. The Morgan fingerprint density at radius 3 is 2.44 bits per heavy atom. The molecule has 0 heterocycles. The number of hydrogen-bond donors (Lipinski definition) is 1. The van der Waals surface area contributed by atoms with E-state index in [4.69, 9.17) is 9.84 Å². The lowest BCUT2D eigenvalue weighted by atomic mass is 9.77. The van der Waals surface area contributed by atoms with Gasteiger partial charge in [-0.15, -0.1) is 0 Å². The van der Waals surface area contributed by atoms with Crippen LogP contribution in [0.5, 0.6) is 5.75 Å². The van der Waals surface area contributed by atoms with Gasteiger partial charge in [0, 0.05) is 3.57 Å². The maximum atomic E-state index is 10.8. The molecule has 0 bridgehead atoms. The van der Waals surface area contributed by atoms with E-state index >= 15 is 0 Å². The first-order valence-electron chi connectivity index (χ1n) is 5.26. The van der Waals surface area contributed by atoms with Crippen molar-refractivity contribution in [3.63, 3.8) is 0 Å². The molecule has 1 fully saturated rings. The van der Waals surface area contributed by atoms with Gasteiger partial charge in [-0.2, -0.15) is 0 Å². The van der Waals surface area contributed by atoms with Gasteiger partial charge in [-0.3, -0.25) is 4.79 Å². The summed E-state index contributed by atoms with van der Waals surface area (Å²) < 4.78 is 6.96. The zero-order chi connectivity index (χ0) is 11.6. The van der Waals surface area contributed by atoms with Crippen LogP contribution in [0.25, 0.3) is 0 Å². The van der Waals surface area contributed by atoms with Gasteiger partial charge < -0.3 is 9.84 Å². The molecule has 0 spiro atoms. The molecular weight excluding hydrogens is 319 g/mol. The van der Waals surface area contributed by atoms with Crippen LogP contribution in [0.2, 0.25) is 0 Å². The van der Waals surface area contributed by atoms with Crippen LogP contribution in [-0.2, 0) is 4.79 Å². The molecular formula is C12H13IO3. The summed E-state index contributed by atoms with van der Waals surface area (Å²) in [7, 11) is 0. The number of carboxylic acid groups (broad SMARTS) is 1. The molecule has 16 heavy (non-hydrogen) atoms. The Morgan fingerprint density at radius 2 is 2.00 bits per heavy atom. The minimum atomic E-state index is -0.787. The molecule has 86 valence electrons. The predicted octanol–water partition coefficient (Wildman–Crippen LogP) is 3.07. The van der Waals surface area contributed by atoms with Gasteiger partial charge in [0.2, 0.25) is 0 Å². The molecule has 0 radical (unpaired) electrons. The molecule has 3 nitrogen and oxygen atoms in total. The first-order valence-corrected chi connectivity index (χ1v) is 6.34. The Balaban J connectivity index is 2.06. The van der Waals surface area contributed by atoms with Gasteiger partial charge >= 0.3 is 5.97 Å². The summed E-state index contributed by atoms with van der Waals surface area (Å²) in [5, 5.41) is 8.86. The van der Waals surface area contributed by atoms with Crippen molar-refractivity contribution in [2.24, 2.45) is 0 Å². The largest absolute Gasteiger partial charge is 0.487 e. The molecule has 0 atom stereocenters. The second-order valence-corrected chi connectivity index (χ2v) is 5.41. The maximum absolute atomic E-state index is 10.8. The van der Waals surface area contributed by atoms with E-state index in [1.54, 1.807) is 0 Å². The van der Waals surface area contributed by atoms with Gasteiger partial charge in [0.15, 0.2) is 0 Å². The van der Waals surface area contributed by atoms with Crippen molar-refractivity contribution in [2.45, 2.75) is 31.3 Å². The Morgan fingerprint density at radius 1 is 1.38 bits per heavy atom. The van der Waals surface area contributed by atoms with E-state index in [-0.39, 0.29) is 6.42 Å². The zero-order valence-corrected chi connectivity index (χ0v) is 10.9. The average molecular weight is 332 g/mol.